The molecule has 0 unspecified atom stereocenters. The predicted octanol–water partition coefficient (Wildman–Crippen LogP) is 1.87. The highest BCUT2D eigenvalue weighted by atomic mass is 19.1. The lowest BCUT2D eigenvalue weighted by Gasteiger charge is -2.18. The van der Waals surface area contributed by atoms with Gasteiger partial charge in [0.2, 0.25) is 5.91 Å². The second-order valence-electron chi connectivity index (χ2n) is 7.64. The molecule has 0 aliphatic carbocycles. The van der Waals surface area contributed by atoms with Crippen LogP contribution in [0.2, 0.25) is 0 Å². The van der Waals surface area contributed by atoms with Crippen molar-refractivity contribution in [2.24, 2.45) is 5.73 Å². The van der Waals surface area contributed by atoms with Crippen molar-refractivity contribution >= 4 is 23.7 Å². The van der Waals surface area contributed by atoms with E-state index in [2.05, 4.69) is 10.6 Å². The van der Waals surface area contributed by atoms with Crippen LogP contribution in [0.25, 0.3) is 0 Å². The number of benzene rings is 2. The van der Waals surface area contributed by atoms with E-state index in [0.29, 0.717) is 6.42 Å². The van der Waals surface area contributed by atoms with Gasteiger partial charge in [-0.25, -0.2) is 9.18 Å². The lowest BCUT2D eigenvalue weighted by Crippen LogP contribution is -2.44. The molecule has 4 N–H and O–H groups in total. The van der Waals surface area contributed by atoms with Gasteiger partial charge in [0.15, 0.2) is 6.61 Å². The van der Waals surface area contributed by atoms with Crippen molar-refractivity contribution in [1.29, 1.82) is 0 Å². The topological polar surface area (TPSA) is 128 Å². The van der Waals surface area contributed by atoms with Crippen LogP contribution in [-0.4, -0.2) is 42.4 Å². The smallest absolute Gasteiger partial charge is 0.329 e. The van der Waals surface area contributed by atoms with Crippen LogP contribution in [-0.2, 0) is 25.5 Å². The monoisotopic (exact) mass is 457 g/mol. The lowest BCUT2D eigenvalue weighted by atomic mass is 10.1. The summed E-state index contributed by atoms with van der Waals surface area (Å²) in [5.74, 6) is -3.18. The second kappa shape index (κ2) is 12.9. The summed E-state index contributed by atoms with van der Waals surface area (Å²) in [6, 6.07) is 13.2. The molecule has 0 saturated carbocycles. The van der Waals surface area contributed by atoms with Crippen LogP contribution in [0.15, 0.2) is 54.6 Å². The van der Waals surface area contributed by atoms with Crippen molar-refractivity contribution in [3.05, 3.63) is 71.5 Å². The minimum absolute atomic E-state index is 0.101. The highest BCUT2D eigenvalue weighted by Gasteiger charge is 2.24. The number of ether oxygens (including phenoxy) is 1. The molecule has 0 aliphatic heterocycles. The third kappa shape index (κ3) is 9.51. The van der Waals surface area contributed by atoms with Crippen LogP contribution < -0.4 is 16.4 Å². The lowest BCUT2D eigenvalue weighted by molar-refractivity contribution is -0.150. The SMILES string of the molecule is C[C@@H](CCc1ccccc1)NC(=O)COC(=O)[C@H](CCC(N)=O)NC(=O)c1ccc(F)cc1. The van der Waals surface area contributed by atoms with Crippen LogP contribution in [0.5, 0.6) is 0 Å². The fraction of sp³-hybridized carbons (Fsp3) is 0.333. The van der Waals surface area contributed by atoms with Gasteiger partial charge in [-0.1, -0.05) is 30.3 Å². The molecule has 8 nitrogen and oxygen atoms in total. The fourth-order valence-electron chi connectivity index (χ4n) is 3.03. The normalized spacial score (nSPS) is 12.3. The van der Waals surface area contributed by atoms with Gasteiger partial charge in [0.1, 0.15) is 11.9 Å². The zero-order valence-electron chi connectivity index (χ0n) is 18.4. The van der Waals surface area contributed by atoms with Gasteiger partial charge in [0, 0.05) is 18.0 Å². The molecule has 0 aliphatic rings. The van der Waals surface area contributed by atoms with Crippen molar-refractivity contribution in [1.82, 2.24) is 10.6 Å². The van der Waals surface area contributed by atoms with Gasteiger partial charge >= 0.3 is 5.97 Å². The molecule has 33 heavy (non-hydrogen) atoms. The molecule has 0 aromatic heterocycles. The first-order chi connectivity index (χ1) is 15.7. The standard InChI is InChI=1S/C24H28FN3O5/c1-16(7-8-17-5-3-2-4-6-17)27-22(30)15-33-24(32)20(13-14-21(26)29)28-23(31)18-9-11-19(25)12-10-18/h2-6,9-12,16,20H,7-8,13-15H2,1H3,(H2,26,29)(H,27,30)(H,28,31)/t16-,20-/m0/s1. The van der Waals surface area contributed by atoms with E-state index in [1.165, 1.54) is 12.1 Å². The number of carbonyl (C=O) groups is 4. The van der Waals surface area contributed by atoms with E-state index in [-0.39, 0.29) is 24.4 Å². The Morgan fingerprint density at radius 1 is 0.970 bits per heavy atom. The molecular formula is C24H28FN3O5. The number of nitrogens with one attached hydrogen (secondary N) is 2. The largest absolute Gasteiger partial charge is 0.454 e. The molecule has 2 aromatic carbocycles. The third-order valence-electron chi connectivity index (χ3n) is 4.84. The molecule has 2 atom stereocenters. The Balaban J connectivity index is 1.84. The van der Waals surface area contributed by atoms with Crippen molar-refractivity contribution < 1.29 is 28.3 Å². The summed E-state index contributed by atoms with van der Waals surface area (Å²) < 4.78 is 18.1. The molecule has 0 heterocycles. The molecule has 176 valence electrons. The summed E-state index contributed by atoms with van der Waals surface area (Å²) in [4.78, 5) is 48.1. The number of primary amides is 1. The summed E-state index contributed by atoms with van der Waals surface area (Å²) in [5.41, 5.74) is 6.41. The van der Waals surface area contributed by atoms with E-state index in [0.717, 1.165) is 24.1 Å². The van der Waals surface area contributed by atoms with Crippen LogP contribution >= 0.6 is 0 Å². The average molecular weight is 458 g/mol. The number of hydrogen-bond acceptors (Lipinski definition) is 5. The molecule has 0 radical (unpaired) electrons. The summed E-state index contributed by atoms with van der Waals surface area (Å²) >= 11 is 0. The Morgan fingerprint density at radius 2 is 1.64 bits per heavy atom. The summed E-state index contributed by atoms with van der Waals surface area (Å²) in [5, 5.41) is 5.19. The van der Waals surface area contributed by atoms with E-state index < -0.39 is 42.2 Å². The number of nitrogens with two attached hydrogens (primary N) is 1. The zero-order valence-corrected chi connectivity index (χ0v) is 18.4. The molecule has 0 bridgehead atoms. The second-order valence-corrected chi connectivity index (χ2v) is 7.64. The van der Waals surface area contributed by atoms with Crippen LogP contribution in [0, 0.1) is 5.82 Å². The van der Waals surface area contributed by atoms with Crippen molar-refractivity contribution in [2.45, 2.75) is 44.7 Å². The minimum atomic E-state index is -1.20. The Labute approximate surface area is 191 Å². The van der Waals surface area contributed by atoms with Gasteiger partial charge in [0.05, 0.1) is 0 Å². The maximum Gasteiger partial charge on any atom is 0.329 e. The molecule has 2 aromatic rings. The van der Waals surface area contributed by atoms with Gasteiger partial charge in [-0.15, -0.1) is 0 Å². The van der Waals surface area contributed by atoms with Crippen molar-refractivity contribution in [3.8, 4) is 0 Å². The first-order valence-electron chi connectivity index (χ1n) is 10.6. The van der Waals surface area contributed by atoms with Crippen molar-refractivity contribution in [3.63, 3.8) is 0 Å². The highest BCUT2D eigenvalue weighted by molar-refractivity contribution is 5.97. The van der Waals surface area contributed by atoms with E-state index >= 15 is 0 Å². The van der Waals surface area contributed by atoms with E-state index in [9.17, 15) is 23.6 Å². The molecule has 0 fully saturated rings. The molecule has 2 rings (SSSR count). The number of amides is 3. The number of rotatable bonds is 12. The Bertz CT molecular complexity index is 950. The average Bonchev–Trinajstić information content (AvgIpc) is 2.79. The molecular weight excluding hydrogens is 429 g/mol. The van der Waals surface area contributed by atoms with Crippen molar-refractivity contribution in [2.75, 3.05) is 6.61 Å². The molecule has 3 amide bonds. The quantitative estimate of drug-likeness (QED) is 0.419. The maximum atomic E-state index is 13.1. The number of carbonyl (C=O) groups excluding carboxylic acids is 4. The van der Waals surface area contributed by atoms with Crippen LogP contribution in [0.3, 0.4) is 0 Å². The predicted molar refractivity (Wildman–Crippen MR) is 119 cm³/mol. The van der Waals surface area contributed by atoms with Gasteiger partial charge in [0.25, 0.3) is 11.8 Å². The van der Waals surface area contributed by atoms with E-state index in [4.69, 9.17) is 10.5 Å². The zero-order chi connectivity index (χ0) is 24.2. The minimum Gasteiger partial charge on any atom is -0.454 e. The number of hydrogen-bond donors (Lipinski definition) is 3. The van der Waals surface area contributed by atoms with Gasteiger partial charge in [-0.2, -0.15) is 0 Å². The molecule has 0 spiro atoms. The number of esters is 1. The highest BCUT2D eigenvalue weighted by Crippen LogP contribution is 2.07. The molecule has 0 saturated heterocycles. The number of aryl methyl sites for hydroxylation is 1. The first-order valence-corrected chi connectivity index (χ1v) is 10.6. The van der Waals surface area contributed by atoms with Crippen LogP contribution in [0.1, 0.15) is 42.1 Å². The van der Waals surface area contributed by atoms with Gasteiger partial charge in [-0.3, -0.25) is 14.4 Å². The Hall–Kier alpha value is -3.75. The molecule has 9 heteroatoms. The third-order valence-corrected chi connectivity index (χ3v) is 4.84. The van der Waals surface area contributed by atoms with Gasteiger partial charge < -0.3 is 21.1 Å². The van der Waals surface area contributed by atoms with E-state index in [1.54, 1.807) is 0 Å². The summed E-state index contributed by atoms with van der Waals surface area (Å²) in [6.45, 7) is 1.31. The summed E-state index contributed by atoms with van der Waals surface area (Å²) in [7, 11) is 0. The number of halogens is 1. The first kappa shape index (κ1) is 25.5. The summed E-state index contributed by atoms with van der Waals surface area (Å²) in [6.07, 6.45) is 1.22. The fourth-order valence-corrected chi connectivity index (χ4v) is 3.03. The van der Waals surface area contributed by atoms with Gasteiger partial charge in [-0.05, 0) is 56.0 Å². The Morgan fingerprint density at radius 3 is 2.27 bits per heavy atom. The van der Waals surface area contributed by atoms with E-state index in [1.807, 2.05) is 37.3 Å². The maximum absolute atomic E-state index is 13.1. The Kier molecular flexibility index (Phi) is 10.0. The van der Waals surface area contributed by atoms with Crippen LogP contribution in [0.4, 0.5) is 4.39 Å².